The van der Waals surface area contributed by atoms with Gasteiger partial charge in [0, 0.05) is 31.1 Å². The molecular formula is C14H20N5O4P. The van der Waals surface area contributed by atoms with Crippen LogP contribution < -0.4 is 0 Å². The minimum Gasteiger partial charge on any atom is -0.358 e. The molecule has 3 saturated heterocycles. The molecule has 0 bridgehead atoms. The summed E-state index contributed by atoms with van der Waals surface area (Å²) in [4.78, 5) is 15.0. The highest BCUT2D eigenvalue weighted by molar-refractivity contribution is 7.54. The van der Waals surface area contributed by atoms with Gasteiger partial charge in [-0.2, -0.15) is 0 Å². The Morgan fingerprint density at radius 2 is 2.25 bits per heavy atom. The van der Waals surface area contributed by atoms with Crippen molar-refractivity contribution in [2.45, 2.75) is 37.3 Å². The monoisotopic (exact) mass is 353 g/mol. The molecule has 24 heavy (non-hydrogen) atoms. The van der Waals surface area contributed by atoms with E-state index in [1.807, 2.05) is 4.67 Å². The third-order valence-electron chi connectivity index (χ3n) is 6.04. The van der Waals surface area contributed by atoms with E-state index in [0.29, 0.717) is 5.82 Å². The number of aromatic nitrogens is 2. The van der Waals surface area contributed by atoms with Crippen LogP contribution in [-0.2, 0) is 16.1 Å². The molecule has 5 unspecified atom stereocenters. The molecule has 1 aromatic rings. The van der Waals surface area contributed by atoms with Crippen LogP contribution in [0.5, 0.6) is 0 Å². The maximum atomic E-state index is 13.5. The average molecular weight is 353 g/mol. The van der Waals surface area contributed by atoms with Crippen LogP contribution >= 0.6 is 7.67 Å². The Morgan fingerprint density at radius 3 is 2.92 bits per heavy atom. The Labute approximate surface area is 139 Å². The van der Waals surface area contributed by atoms with Crippen LogP contribution in [0, 0.1) is 16.0 Å². The van der Waals surface area contributed by atoms with Crippen molar-refractivity contribution in [3.8, 4) is 0 Å². The van der Waals surface area contributed by atoms with Crippen LogP contribution in [0.2, 0.25) is 0 Å². The predicted octanol–water partition coefficient (Wildman–Crippen LogP) is 2.07. The number of hydrogen-bond acceptors (Lipinski definition) is 5. The average Bonchev–Trinajstić information content (AvgIpc) is 3.45. The SMILES string of the molecule is Cn1c([N+](=O)[O-])cnc1C1OP(=O)(N2CC2)N2CC23CCCCC13. The van der Waals surface area contributed by atoms with Crippen LogP contribution in [0.1, 0.15) is 37.6 Å². The van der Waals surface area contributed by atoms with E-state index in [9.17, 15) is 14.7 Å². The fraction of sp³-hybridized carbons (Fsp3) is 0.786. The molecule has 4 fully saturated rings. The molecular weight excluding hydrogens is 333 g/mol. The minimum atomic E-state index is -3.00. The van der Waals surface area contributed by atoms with E-state index in [4.69, 9.17) is 4.52 Å². The smallest absolute Gasteiger partial charge is 0.347 e. The molecule has 1 aliphatic carbocycles. The first-order valence-electron chi connectivity index (χ1n) is 8.45. The summed E-state index contributed by atoms with van der Waals surface area (Å²) >= 11 is 0. The van der Waals surface area contributed by atoms with E-state index < -0.39 is 18.7 Å². The lowest BCUT2D eigenvalue weighted by Crippen LogP contribution is -2.42. The Bertz CT molecular complexity index is 777. The summed E-state index contributed by atoms with van der Waals surface area (Å²) in [6.07, 6.45) is 5.11. The highest BCUT2D eigenvalue weighted by Crippen LogP contribution is 2.76. The lowest BCUT2D eigenvalue weighted by atomic mass is 9.75. The standard InChI is InChI=1S/C14H20N5O4P/c1-16-11(19(20)21)8-15-13(16)12-10-4-2-3-5-14(10)9-18(14)24(22,23-12)17-6-7-17/h8,10,12H,2-7,9H2,1H3. The van der Waals surface area contributed by atoms with E-state index in [0.717, 1.165) is 45.3 Å². The summed E-state index contributed by atoms with van der Waals surface area (Å²) in [5.41, 5.74) is -0.0555. The number of rotatable bonds is 3. The van der Waals surface area contributed by atoms with Gasteiger partial charge in [-0.3, -0.25) is 9.09 Å². The van der Waals surface area contributed by atoms with E-state index in [-0.39, 0.29) is 17.3 Å². The summed E-state index contributed by atoms with van der Waals surface area (Å²) in [7, 11) is -1.36. The van der Waals surface area contributed by atoms with Gasteiger partial charge in [0.15, 0.2) is 6.10 Å². The third-order valence-corrected chi connectivity index (χ3v) is 8.81. The minimum absolute atomic E-state index is 0.0555. The maximum absolute atomic E-state index is 13.5. The third kappa shape index (κ3) is 1.81. The van der Waals surface area contributed by atoms with Crippen molar-refractivity contribution < 1.29 is 14.0 Å². The largest absolute Gasteiger partial charge is 0.358 e. The number of nitrogens with zero attached hydrogens (tertiary/aromatic N) is 5. The van der Waals surface area contributed by atoms with E-state index in [2.05, 4.69) is 9.65 Å². The van der Waals surface area contributed by atoms with Crippen LogP contribution in [0.25, 0.3) is 0 Å². The van der Waals surface area contributed by atoms with E-state index in [1.54, 1.807) is 7.05 Å². The van der Waals surface area contributed by atoms with Crippen LogP contribution in [0.3, 0.4) is 0 Å². The summed E-state index contributed by atoms with van der Waals surface area (Å²) in [6.45, 7) is 2.40. The van der Waals surface area contributed by atoms with Crippen LogP contribution in [0.15, 0.2) is 6.20 Å². The number of imidazole rings is 1. The summed E-state index contributed by atoms with van der Waals surface area (Å²) in [5.74, 6) is 0.675. The second-order valence-corrected chi connectivity index (χ2v) is 9.51. The predicted molar refractivity (Wildman–Crippen MR) is 84.3 cm³/mol. The fourth-order valence-corrected chi connectivity index (χ4v) is 7.49. The van der Waals surface area contributed by atoms with Crippen LogP contribution in [0.4, 0.5) is 5.82 Å². The van der Waals surface area contributed by atoms with Gasteiger partial charge < -0.3 is 10.1 Å². The molecule has 5 rings (SSSR count). The summed E-state index contributed by atoms with van der Waals surface area (Å²) in [5, 5.41) is 11.2. The van der Waals surface area contributed by atoms with Crippen molar-refractivity contribution in [3.63, 3.8) is 0 Å². The van der Waals surface area contributed by atoms with Crippen molar-refractivity contribution in [2.24, 2.45) is 13.0 Å². The molecule has 1 spiro atoms. The Kier molecular flexibility index (Phi) is 2.92. The highest BCUT2D eigenvalue weighted by Gasteiger charge is 2.73. The lowest BCUT2D eigenvalue weighted by Gasteiger charge is -2.43. The molecule has 0 amide bonds. The molecule has 4 aliphatic rings. The molecule has 5 atom stereocenters. The first kappa shape index (κ1) is 15.0. The van der Waals surface area contributed by atoms with Gasteiger partial charge in [0.25, 0.3) is 0 Å². The molecule has 3 aliphatic heterocycles. The van der Waals surface area contributed by atoms with Crippen molar-refractivity contribution in [3.05, 3.63) is 22.1 Å². The summed E-state index contributed by atoms with van der Waals surface area (Å²) in [6, 6.07) is 0. The number of hydrogen-bond donors (Lipinski definition) is 0. The molecule has 1 aromatic heterocycles. The molecule has 130 valence electrons. The van der Waals surface area contributed by atoms with Gasteiger partial charge in [-0.15, -0.1) is 0 Å². The van der Waals surface area contributed by atoms with Crippen molar-refractivity contribution >= 4 is 13.5 Å². The maximum Gasteiger partial charge on any atom is 0.347 e. The Balaban J connectivity index is 1.59. The second kappa shape index (κ2) is 4.66. The lowest BCUT2D eigenvalue weighted by molar-refractivity contribution is -0.391. The van der Waals surface area contributed by atoms with Crippen molar-refractivity contribution in [2.75, 3.05) is 19.6 Å². The van der Waals surface area contributed by atoms with Gasteiger partial charge >= 0.3 is 13.5 Å². The zero-order chi connectivity index (χ0) is 16.7. The Morgan fingerprint density at radius 1 is 1.46 bits per heavy atom. The normalized spacial score (nSPS) is 43.8. The second-order valence-electron chi connectivity index (χ2n) is 7.27. The van der Waals surface area contributed by atoms with E-state index in [1.165, 1.54) is 10.8 Å². The molecule has 1 saturated carbocycles. The summed E-state index contributed by atoms with van der Waals surface area (Å²) < 4.78 is 25.1. The fourth-order valence-electron chi connectivity index (χ4n) is 4.63. The highest BCUT2D eigenvalue weighted by atomic mass is 31.2. The number of nitro groups is 1. The van der Waals surface area contributed by atoms with Gasteiger partial charge in [0.05, 0.1) is 7.05 Å². The van der Waals surface area contributed by atoms with Gasteiger partial charge in [-0.05, 0) is 17.8 Å². The molecule has 0 radical (unpaired) electrons. The van der Waals surface area contributed by atoms with Gasteiger partial charge in [0.1, 0.15) is 6.20 Å². The molecule has 4 heterocycles. The first-order chi connectivity index (χ1) is 11.5. The first-order valence-corrected chi connectivity index (χ1v) is 9.98. The quantitative estimate of drug-likeness (QED) is 0.355. The Hall–Kier alpha value is -1.28. The van der Waals surface area contributed by atoms with Gasteiger partial charge in [0.2, 0.25) is 5.82 Å². The van der Waals surface area contributed by atoms with Gasteiger partial charge in [-0.1, -0.05) is 12.8 Å². The molecule has 9 nitrogen and oxygen atoms in total. The van der Waals surface area contributed by atoms with Crippen molar-refractivity contribution in [1.29, 1.82) is 0 Å². The topological polar surface area (TPSA) is 93.3 Å². The van der Waals surface area contributed by atoms with Gasteiger partial charge in [-0.25, -0.2) is 18.9 Å². The zero-order valence-electron chi connectivity index (χ0n) is 13.5. The zero-order valence-corrected chi connectivity index (χ0v) is 14.4. The molecule has 0 N–H and O–H groups in total. The molecule has 0 aromatic carbocycles. The van der Waals surface area contributed by atoms with E-state index >= 15 is 0 Å². The van der Waals surface area contributed by atoms with Crippen LogP contribution in [-0.4, -0.2) is 49.0 Å². The van der Waals surface area contributed by atoms with Crippen molar-refractivity contribution in [1.82, 2.24) is 18.9 Å². The molecule has 10 heteroatoms.